The molecule has 0 unspecified atom stereocenters. The predicted molar refractivity (Wildman–Crippen MR) is 78.4 cm³/mol. The molecule has 112 valence electrons. The number of nitrogens with one attached hydrogen (secondary N) is 2. The van der Waals surface area contributed by atoms with Crippen LogP contribution in [0, 0.1) is 0 Å². The van der Waals surface area contributed by atoms with Gasteiger partial charge in [0.15, 0.2) is 0 Å². The van der Waals surface area contributed by atoms with Crippen LogP contribution in [0.4, 0.5) is 11.9 Å². The Bertz CT molecular complexity index is 597. The van der Waals surface area contributed by atoms with Gasteiger partial charge in [-0.2, -0.15) is 20.1 Å². The van der Waals surface area contributed by atoms with Crippen LogP contribution in [0.25, 0.3) is 5.95 Å². The molecule has 1 amide bonds. The van der Waals surface area contributed by atoms with E-state index in [-0.39, 0.29) is 12.5 Å². The first-order valence-corrected chi connectivity index (χ1v) is 6.55. The van der Waals surface area contributed by atoms with E-state index in [9.17, 15) is 4.79 Å². The van der Waals surface area contributed by atoms with Crippen LogP contribution in [0.2, 0.25) is 0 Å². The first-order chi connectivity index (χ1) is 10.1. The van der Waals surface area contributed by atoms with E-state index in [0.717, 1.165) is 0 Å². The Morgan fingerprint density at radius 3 is 2.81 bits per heavy atom. The van der Waals surface area contributed by atoms with Crippen molar-refractivity contribution < 1.29 is 4.79 Å². The third-order valence-electron chi connectivity index (χ3n) is 2.66. The van der Waals surface area contributed by atoms with Gasteiger partial charge >= 0.3 is 0 Å². The third-order valence-corrected chi connectivity index (χ3v) is 2.66. The van der Waals surface area contributed by atoms with Gasteiger partial charge in [-0.3, -0.25) is 4.79 Å². The molecule has 0 aliphatic carbocycles. The Hall–Kier alpha value is -2.71. The van der Waals surface area contributed by atoms with Gasteiger partial charge < -0.3 is 15.5 Å². The van der Waals surface area contributed by atoms with Crippen molar-refractivity contribution in [3.8, 4) is 5.95 Å². The van der Waals surface area contributed by atoms with Crippen LogP contribution in [0.15, 0.2) is 18.5 Å². The maximum Gasteiger partial charge on any atom is 0.257 e. The molecule has 0 aliphatic heterocycles. The van der Waals surface area contributed by atoms with Crippen LogP contribution < -0.4 is 15.5 Å². The molecule has 0 aromatic carbocycles. The van der Waals surface area contributed by atoms with Gasteiger partial charge in [-0.1, -0.05) is 0 Å². The minimum atomic E-state index is -0.122. The Morgan fingerprint density at radius 1 is 1.38 bits per heavy atom. The standard InChI is InChI=1S/C12H18N8O/c1-4-14-10-16-11(19(3)8-9(21)13-2)18-12(17-10)20-7-5-6-15-20/h5-7H,4,8H2,1-3H3,(H,13,21)(H,14,16,17,18). The van der Waals surface area contributed by atoms with Crippen LogP contribution >= 0.6 is 0 Å². The van der Waals surface area contributed by atoms with Crippen LogP contribution in [0.5, 0.6) is 0 Å². The van der Waals surface area contributed by atoms with Gasteiger partial charge in [0, 0.05) is 33.0 Å². The smallest absolute Gasteiger partial charge is 0.257 e. The summed E-state index contributed by atoms with van der Waals surface area (Å²) in [5.74, 6) is 1.11. The Morgan fingerprint density at radius 2 is 2.19 bits per heavy atom. The van der Waals surface area contributed by atoms with Crippen LogP contribution in [0.3, 0.4) is 0 Å². The third kappa shape index (κ3) is 3.65. The minimum absolute atomic E-state index is 0.122. The maximum atomic E-state index is 11.5. The number of anilines is 2. The lowest BCUT2D eigenvalue weighted by Gasteiger charge is -2.17. The number of likely N-dealkylation sites (N-methyl/N-ethyl adjacent to an activating group) is 2. The van der Waals surface area contributed by atoms with Crippen molar-refractivity contribution in [3.05, 3.63) is 18.5 Å². The Labute approximate surface area is 122 Å². The normalized spacial score (nSPS) is 10.2. The fraction of sp³-hybridized carbons (Fsp3) is 0.417. The molecular weight excluding hydrogens is 272 g/mol. The molecular formula is C12H18N8O. The summed E-state index contributed by atoms with van der Waals surface area (Å²) in [4.78, 5) is 26.0. The molecule has 21 heavy (non-hydrogen) atoms. The number of carbonyl (C=O) groups excluding carboxylic acids is 1. The average molecular weight is 290 g/mol. The second-order valence-corrected chi connectivity index (χ2v) is 4.27. The first kappa shape index (κ1) is 14.7. The molecule has 0 saturated carbocycles. The highest BCUT2D eigenvalue weighted by Crippen LogP contribution is 2.11. The fourth-order valence-corrected chi connectivity index (χ4v) is 1.62. The Balaban J connectivity index is 2.33. The van der Waals surface area contributed by atoms with Crippen molar-refractivity contribution in [2.45, 2.75) is 6.92 Å². The van der Waals surface area contributed by atoms with Gasteiger partial charge in [-0.25, -0.2) is 4.68 Å². The van der Waals surface area contributed by atoms with Crippen LogP contribution in [-0.2, 0) is 4.79 Å². The summed E-state index contributed by atoms with van der Waals surface area (Å²) >= 11 is 0. The van der Waals surface area contributed by atoms with Crippen LogP contribution in [-0.4, -0.2) is 57.8 Å². The largest absolute Gasteiger partial charge is 0.358 e. The molecule has 0 fully saturated rings. The highest BCUT2D eigenvalue weighted by atomic mass is 16.1. The second kappa shape index (κ2) is 6.64. The molecule has 9 heteroatoms. The number of hydrogen-bond donors (Lipinski definition) is 2. The molecule has 0 atom stereocenters. The topological polar surface area (TPSA) is 101 Å². The average Bonchev–Trinajstić information content (AvgIpc) is 3.01. The molecule has 0 aliphatic rings. The number of amides is 1. The molecule has 2 heterocycles. The van der Waals surface area contributed by atoms with Crippen molar-refractivity contribution >= 4 is 17.8 Å². The second-order valence-electron chi connectivity index (χ2n) is 4.27. The summed E-state index contributed by atoms with van der Waals surface area (Å²) in [7, 11) is 3.33. The predicted octanol–water partition coefficient (Wildman–Crippen LogP) is -0.329. The number of aromatic nitrogens is 5. The van der Waals surface area contributed by atoms with Gasteiger partial charge in [0.1, 0.15) is 0 Å². The van der Waals surface area contributed by atoms with Crippen molar-refractivity contribution in [1.82, 2.24) is 30.0 Å². The fourth-order valence-electron chi connectivity index (χ4n) is 1.62. The maximum absolute atomic E-state index is 11.5. The zero-order valence-corrected chi connectivity index (χ0v) is 12.2. The summed E-state index contributed by atoms with van der Waals surface area (Å²) in [6, 6.07) is 1.78. The summed E-state index contributed by atoms with van der Waals surface area (Å²) in [5.41, 5.74) is 0. The molecule has 0 radical (unpaired) electrons. The van der Waals surface area contributed by atoms with E-state index >= 15 is 0 Å². The van der Waals surface area contributed by atoms with Crippen molar-refractivity contribution in [1.29, 1.82) is 0 Å². The molecule has 2 rings (SSSR count). The summed E-state index contributed by atoms with van der Waals surface area (Å²) in [6.45, 7) is 2.79. The number of rotatable bonds is 6. The SMILES string of the molecule is CCNc1nc(N(C)CC(=O)NC)nc(-n2cccn2)n1. The zero-order valence-electron chi connectivity index (χ0n) is 12.2. The molecule has 2 aromatic rings. The van der Waals surface area contributed by atoms with Crippen LogP contribution in [0.1, 0.15) is 6.92 Å². The highest BCUT2D eigenvalue weighted by Gasteiger charge is 2.13. The molecule has 2 aromatic heterocycles. The lowest BCUT2D eigenvalue weighted by atomic mass is 10.5. The van der Waals surface area contributed by atoms with Gasteiger partial charge in [-0.15, -0.1) is 0 Å². The number of nitrogens with zero attached hydrogens (tertiary/aromatic N) is 6. The van der Waals surface area contributed by atoms with Crippen molar-refractivity contribution in [2.24, 2.45) is 0 Å². The van der Waals surface area contributed by atoms with E-state index in [4.69, 9.17) is 0 Å². The Kier molecular flexibility index (Phi) is 4.64. The van der Waals surface area contributed by atoms with E-state index < -0.39 is 0 Å². The summed E-state index contributed by atoms with van der Waals surface area (Å²) in [5, 5.41) is 9.71. The quantitative estimate of drug-likeness (QED) is 0.751. The summed E-state index contributed by atoms with van der Waals surface area (Å²) < 4.78 is 1.54. The minimum Gasteiger partial charge on any atom is -0.358 e. The van der Waals surface area contributed by atoms with Crippen molar-refractivity contribution in [3.63, 3.8) is 0 Å². The van der Waals surface area contributed by atoms with E-state index in [1.54, 1.807) is 42.1 Å². The van der Waals surface area contributed by atoms with Crippen molar-refractivity contribution in [2.75, 3.05) is 37.4 Å². The highest BCUT2D eigenvalue weighted by molar-refractivity contribution is 5.80. The zero-order chi connectivity index (χ0) is 15.2. The van der Waals surface area contributed by atoms with Gasteiger partial charge in [0.2, 0.25) is 17.8 Å². The monoisotopic (exact) mass is 290 g/mol. The molecule has 0 spiro atoms. The van der Waals surface area contributed by atoms with Gasteiger partial charge in [0.25, 0.3) is 5.95 Å². The van der Waals surface area contributed by atoms with E-state index in [0.29, 0.717) is 24.4 Å². The number of hydrogen-bond acceptors (Lipinski definition) is 7. The van der Waals surface area contributed by atoms with E-state index in [1.807, 2.05) is 6.92 Å². The number of carbonyl (C=O) groups is 1. The molecule has 9 nitrogen and oxygen atoms in total. The van der Waals surface area contributed by atoms with E-state index in [2.05, 4.69) is 30.7 Å². The lowest BCUT2D eigenvalue weighted by Crippen LogP contribution is -2.34. The van der Waals surface area contributed by atoms with E-state index in [1.165, 1.54) is 0 Å². The first-order valence-electron chi connectivity index (χ1n) is 6.55. The molecule has 0 saturated heterocycles. The lowest BCUT2D eigenvalue weighted by molar-refractivity contribution is -0.119. The summed E-state index contributed by atoms with van der Waals surface area (Å²) in [6.07, 6.45) is 3.39. The van der Waals surface area contributed by atoms with Gasteiger partial charge in [0.05, 0.1) is 6.54 Å². The molecule has 0 bridgehead atoms. The van der Waals surface area contributed by atoms with Gasteiger partial charge in [-0.05, 0) is 13.0 Å². The molecule has 2 N–H and O–H groups in total.